The topological polar surface area (TPSA) is 117 Å². The molecular formula is C19H17FN4O4S2. The first-order valence-corrected chi connectivity index (χ1v) is 11.3. The molecule has 0 saturated heterocycles. The molecule has 30 heavy (non-hydrogen) atoms. The summed E-state index contributed by atoms with van der Waals surface area (Å²) in [5, 5.41) is 6.83. The van der Waals surface area contributed by atoms with Crippen molar-refractivity contribution in [1.29, 1.82) is 0 Å². The number of hydrogen-bond donors (Lipinski definition) is 3. The normalized spacial score (nSPS) is 11.0. The molecule has 2 amide bonds. The number of anilines is 2. The van der Waals surface area contributed by atoms with Crippen LogP contribution in [0.1, 0.15) is 25.6 Å². The Morgan fingerprint density at radius 1 is 1.10 bits per heavy atom. The average Bonchev–Trinajstić information content (AvgIpc) is 3.15. The molecule has 0 atom stereocenters. The molecule has 0 aliphatic heterocycles. The number of nitrogens with zero attached hydrogens (tertiary/aromatic N) is 1. The first-order chi connectivity index (χ1) is 14.2. The van der Waals surface area contributed by atoms with Gasteiger partial charge in [0.1, 0.15) is 5.82 Å². The number of hydrogen-bond acceptors (Lipinski definition) is 6. The third kappa shape index (κ3) is 6.09. The summed E-state index contributed by atoms with van der Waals surface area (Å²) in [4.78, 5) is 28.7. The summed E-state index contributed by atoms with van der Waals surface area (Å²) in [7, 11) is -3.44. The van der Waals surface area contributed by atoms with Crippen molar-refractivity contribution in [2.24, 2.45) is 0 Å². The van der Waals surface area contributed by atoms with Crippen molar-refractivity contribution >= 4 is 44.5 Å². The Morgan fingerprint density at radius 3 is 2.60 bits per heavy atom. The summed E-state index contributed by atoms with van der Waals surface area (Å²) in [6.45, 7) is 0.0983. The third-order valence-corrected chi connectivity index (χ3v) is 5.26. The molecule has 0 fully saturated rings. The van der Waals surface area contributed by atoms with E-state index in [1.165, 1.54) is 29.8 Å². The Hall–Kier alpha value is -3.31. The molecule has 0 unspecified atom stereocenters. The largest absolute Gasteiger partial charge is 0.348 e. The van der Waals surface area contributed by atoms with Gasteiger partial charge in [-0.2, -0.15) is 0 Å². The highest BCUT2D eigenvalue weighted by Gasteiger charge is 2.14. The van der Waals surface area contributed by atoms with Crippen LogP contribution in [0.3, 0.4) is 0 Å². The van der Waals surface area contributed by atoms with Gasteiger partial charge in [0.15, 0.2) is 0 Å². The predicted molar refractivity (Wildman–Crippen MR) is 113 cm³/mol. The van der Waals surface area contributed by atoms with Gasteiger partial charge in [-0.05, 0) is 35.9 Å². The molecular weight excluding hydrogens is 431 g/mol. The van der Waals surface area contributed by atoms with E-state index in [2.05, 4.69) is 20.3 Å². The van der Waals surface area contributed by atoms with Crippen molar-refractivity contribution in [2.75, 3.05) is 16.3 Å². The van der Waals surface area contributed by atoms with Crippen molar-refractivity contribution < 1.29 is 22.4 Å². The number of amides is 2. The molecule has 0 aliphatic carbocycles. The van der Waals surface area contributed by atoms with Crippen LogP contribution in [0.2, 0.25) is 0 Å². The van der Waals surface area contributed by atoms with Crippen molar-refractivity contribution in [1.82, 2.24) is 10.3 Å². The highest BCUT2D eigenvalue weighted by atomic mass is 32.2. The van der Waals surface area contributed by atoms with Crippen LogP contribution in [-0.4, -0.2) is 31.5 Å². The van der Waals surface area contributed by atoms with Gasteiger partial charge < -0.3 is 10.6 Å². The molecule has 156 valence electrons. The molecule has 3 N–H and O–H groups in total. The molecule has 3 rings (SSSR count). The highest BCUT2D eigenvalue weighted by molar-refractivity contribution is 7.92. The SMILES string of the molecule is CS(=O)(=O)Nc1cccc(NC(=O)c2cc(C(=O)NCc3cncc(F)c3)cs2)c1. The van der Waals surface area contributed by atoms with Gasteiger partial charge in [0.25, 0.3) is 11.8 Å². The van der Waals surface area contributed by atoms with Gasteiger partial charge >= 0.3 is 0 Å². The summed E-state index contributed by atoms with van der Waals surface area (Å²) in [6.07, 6.45) is 3.55. The fraction of sp³-hybridized carbons (Fsp3) is 0.105. The number of rotatable bonds is 7. The van der Waals surface area contributed by atoms with Gasteiger partial charge in [-0.1, -0.05) is 6.07 Å². The van der Waals surface area contributed by atoms with Crippen LogP contribution in [0.4, 0.5) is 15.8 Å². The minimum Gasteiger partial charge on any atom is -0.348 e. The third-order valence-electron chi connectivity index (χ3n) is 3.72. The lowest BCUT2D eigenvalue weighted by molar-refractivity contribution is 0.0951. The molecule has 3 aromatic rings. The van der Waals surface area contributed by atoms with Crippen LogP contribution in [0.5, 0.6) is 0 Å². The summed E-state index contributed by atoms with van der Waals surface area (Å²) in [6, 6.07) is 8.95. The van der Waals surface area contributed by atoms with E-state index in [4.69, 9.17) is 0 Å². The van der Waals surface area contributed by atoms with E-state index in [0.29, 0.717) is 27.4 Å². The van der Waals surface area contributed by atoms with Gasteiger partial charge in [0.2, 0.25) is 10.0 Å². The zero-order valence-corrected chi connectivity index (χ0v) is 17.3. The minimum absolute atomic E-state index is 0.0983. The Bertz CT molecular complexity index is 1190. The van der Waals surface area contributed by atoms with E-state index in [9.17, 15) is 22.4 Å². The maximum absolute atomic E-state index is 13.1. The number of carbonyl (C=O) groups is 2. The van der Waals surface area contributed by atoms with Crippen LogP contribution >= 0.6 is 11.3 Å². The molecule has 0 bridgehead atoms. The Labute approximate surface area is 176 Å². The van der Waals surface area contributed by atoms with Crippen LogP contribution in [0.15, 0.2) is 54.2 Å². The number of sulfonamides is 1. The van der Waals surface area contributed by atoms with Crippen LogP contribution < -0.4 is 15.4 Å². The molecule has 0 saturated carbocycles. The Kier molecular flexibility index (Phi) is 6.43. The number of pyridine rings is 1. The van der Waals surface area contributed by atoms with Crippen molar-refractivity contribution in [2.45, 2.75) is 6.54 Å². The lowest BCUT2D eigenvalue weighted by Crippen LogP contribution is -2.22. The number of carbonyl (C=O) groups excluding carboxylic acids is 2. The monoisotopic (exact) mass is 448 g/mol. The van der Waals surface area contributed by atoms with E-state index in [1.807, 2.05) is 0 Å². The maximum atomic E-state index is 13.1. The fourth-order valence-corrected chi connectivity index (χ4v) is 3.82. The molecule has 0 spiro atoms. The predicted octanol–water partition coefficient (Wildman–Crippen LogP) is 2.84. The molecule has 11 heteroatoms. The minimum atomic E-state index is -3.44. The average molecular weight is 449 g/mol. The van der Waals surface area contributed by atoms with E-state index in [0.717, 1.165) is 23.8 Å². The summed E-state index contributed by atoms with van der Waals surface area (Å²) in [5.74, 6) is -1.34. The zero-order chi connectivity index (χ0) is 21.7. The van der Waals surface area contributed by atoms with Gasteiger partial charge in [0.05, 0.1) is 28.6 Å². The number of aromatic nitrogens is 1. The lowest BCUT2D eigenvalue weighted by Gasteiger charge is -2.07. The highest BCUT2D eigenvalue weighted by Crippen LogP contribution is 2.20. The smallest absolute Gasteiger partial charge is 0.265 e. The van der Waals surface area contributed by atoms with Gasteiger partial charge in [0, 0.05) is 23.8 Å². The molecule has 2 heterocycles. The fourth-order valence-electron chi connectivity index (χ4n) is 2.48. The molecule has 0 radical (unpaired) electrons. The number of benzene rings is 1. The van der Waals surface area contributed by atoms with Gasteiger partial charge in [-0.3, -0.25) is 19.3 Å². The molecule has 1 aromatic carbocycles. The van der Waals surface area contributed by atoms with Crippen molar-refractivity contribution in [3.8, 4) is 0 Å². The first kappa shape index (κ1) is 21.4. The summed E-state index contributed by atoms with van der Waals surface area (Å²) < 4.78 is 38.1. The zero-order valence-electron chi connectivity index (χ0n) is 15.7. The van der Waals surface area contributed by atoms with Gasteiger partial charge in [-0.25, -0.2) is 12.8 Å². The van der Waals surface area contributed by atoms with Crippen LogP contribution in [0, 0.1) is 5.82 Å². The molecule has 0 aliphatic rings. The van der Waals surface area contributed by atoms with E-state index in [-0.39, 0.29) is 6.54 Å². The quantitative estimate of drug-likeness (QED) is 0.514. The maximum Gasteiger partial charge on any atom is 0.265 e. The van der Waals surface area contributed by atoms with Gasteiger partial charge in [-0.15, -0.1) is 11.3 Å². The summed E-state index contributed by atoms with van der Waals surface area (Å²) >= 11 is 1.09. The van der Waals surface area contributed by atoms with Crippen molar-refractivity contribution in [3.63, 3.8) is 0 Å². The van der Waals surface area contributed by atoms with E-state index < -0.39 is 27.7 Å². The molecule has 8 nitrogen and oxygen atoms in total. The second kappa shape index (κ2) is 9.01. The lowest BCUT2D eigenvalue weighted by atomic mass is 10.2. The van der Waals surface area contributed by atoms with Crippen LogP contribution in [0.25, 0.3) is 0 Å². The van der Waals surface area contributed by atoms with E-state index in [1.54, 1.807) is 18.2 Å². The van der Waals surface area contributed by atoms with Crippen molar-refractivity contribution in [3.05, 3.63) is 76.0 Å². The second-order valence-corrected chi connectivity index (χ2v) is 8.96. The first-order valence-electron chi connectivity index (χ1n) is 8.55. The second-order valence-electron chi connectivity index (χ2n) is 6.30. The number of thiophene rings is 1. The number of halogens is 1. The Balaban J connectivity index is 1.62. The molecule has 2 aromatic heterocycles. The summed E-state index contributed by atoms with van der Waals surface area (Å²) in [5.41, 5.74) is 1.51. The standard InChI is InChI=1S/C19H17FN4O4S2/c1-30(27,28)24-16-4-2-3-15(7-16)23-19(26)17-6-13(11-29-17)18(25)22-9-12-5-14(20)10-21-8-12/h2-8,10-11,24H,9H2,1H3,(H,22,25)(H,23,26). The van der Waals surface area contributed by atoms with E-state index >= 15 is 0 Å². The van der Waals surface area contributed by atoms with Crippen LogP contribution in [-0.2, 0) is 16.6 Å². The number of nitrogens with one attached hydrogen (secondary N) is 3. The Morgan fingerprint density at radius 2 is 1.87 bits per heavy atom.